The lowest BCUT2D eigenvalue weighted by Gasteiger charge is -2.06. The molecule has 0 aromatic heterocycles. The molecule has 0 saturated heterocycles. The maximum atomic E-state index is 9.54. The lowest BCUT2D eigenvalue weighted by Crippen LogP contribution is -2.00. The quantitative estimate of drug-likeness (QED) is 0.677. The van der Waals surface area contributed by atoms with Gasteiger partial charge in [-0.1, -0.05) is 30.3 Å². The van der Waals surface area contributed by atoms with Crippen molar-refractivity contribution < 1.29 is 5.11 Å². The predicted molar refractivity (Wildman–Crippen MR) is 50.4 cm³/mol. The standard InChI is InChI=1S/C10H13NO/c1-2-11-8-10(12)9-6-4-3-5-7-9/h2-7,10,12H,8H2,1H3. The molecular weight excluding hydrogens is 150 g/mol. The molecule has 64 valence electrons. The molecule has 12 heavy (non-hydrogen) atoms. The monoisotopic (exact) mass is 163 g/mol. The zero-order valence-electron chi connectivity index (χ0n) is 7.14. The molecule has 1 atom stereocenters. The minimum absolute atomic E-state index is 0.445. The van der Waals surface area contributed by atoms with Gasteiger partial charge in [0.05, 0.1) is 12.6 Å². The topological polar surface area (TPSA) is 32.6 Å². The van der Waals surface area contributed by atoms with E-state index >= 15 is 0 Å². The van der Waals surface area contributed by atoms with E-state index in [1.54, 1.807) is 6.21 Å². The number of aliphatic hydroxyl groups is 1. The normalized spacial score (nSPS) is 13.5. The Hall–Kier alpha value is -1.15. The number of aliphatic hydroxyl groups excluding tert-OH is 1. The Morgan fingerprint density at radius 2 is 2.08 bits per heavy atom. The Labute approximate surface area is 72.6 Å². The van der Waals surface area contributed by atoms with Crippen LogP contribution < -0.4 is 0 Å². The molecule has 0 aliphatic heterocycles. The molecule has 2 heteroatoms. The number of benzene rings is 1. The molecule has 0 amide bonds. The summed E-state index contributed by atoms with van der Waals surface area (Å²) in [6, 6.07) is 9.55. The van der Waals surface area contributed by atoms with E-state index in [0.29, 0.717) is 6.54 Å². The molecule has 1 N–H and O–H groups in total. The van der Waals surface area contributed by atoms with Crippen molar-refractivity contribution in [3.8, 4) is 0 Å². The van der Waals surface area contributed by atoms with Gasteiger partial charge in [0.25, 0.3) is 0 Å². The Balaban J connectivity index is 2.59. The molecule has 1 rings (SSSR count). The van der Waals surface area contributed by atoms with E-state index in [2.05, 4.69) is 4.99 Å². The van der Waals surface area contributed by atoms with E-state index in [-0.39, 0.29) is 0 Å². The van der Waals surface area contributed by atoms with Crippen molar-refractivity contribution >= 4 is 6.21 Å². The van der Waals surface area contributed by atoms with Crippen LogP contribution in [0.2, 0.25) is 0 Å². The summed E-state index contributed by atoms with van der Waals surface area (Å²) in [5.74, 6) is 0. The van der Waals surface area contributed by atoms with Gasteiger partial charge in [-0.25, -0.2) is 0 Å². The van der Waals surface area contributed by atoms with Gasteiger partial charge < -0.3 is 5.11 Å². The van der Waals surface area contributed by atoms with E-state index in [4.69, 9.17) is 0 Å². The highest BCUT2D eigenvalue weighted by Crippen LogP contribution is 2.11. The zero-order chi connectivity index (χ0) is 8.81. The first-order valence-electron chi connectivity index (χ1n) is 4.02. The van der Waals surface area contributed by atoms with Gasteiger partial charge in [0.1, 0.15) is 0 Å². The molecule has 0 aliphatic rings. The summed E-state index contributed by atoms with van der Waals surface area (Å²) in [7, 11) is 0. The molecule has 0 saturated carbocycles. The fourth-order valence-electron chi connectivity index (χ4n) is 0.986. The number of rotatable bonds is 3. The van der Waals surface area contributed by atoms with Crippen molar-refractivity contribution in [1.82, 2.24) is 0 Å². The highest BCUT2D eigenvalue weighted by atomic mass is 16.3. The Kier molecular flexibility index (Phi) is 3.48. The van der Waals surface area contributed by atoms with Crippen molar-refractivity contribution in [3.05, 3.63) is 35.9 Å². The van der Waals surface area contributed by atoms with E-state index < -0.39 is 6.10 Å². The van der Waals surface area contributed by atoms with Crippen LogP contribution in [0, 0.1) is 0 Å². The predicted octanol–water partition coefficient (Wildman–Crippen LogP) is 1.81. The second-order valence-corrected chi connectivity index (χ2v) is 2.55. The fourth-order valence-corrected chi connectivity index (χ4v) is 0.986. The molecule has 0 spiro atoms. The van der Waals surface area contributed by atoms with Crippen molar-refractivity contribution in [2.45, 2.75) is 13.0 Å². The minimum Gasteiger partial charge on any atom is -0.386 e. The molecule has 1 aromatic carbocycles. The molecule has 0 aliphatic carbocycles. The van der Waals surface area contributed by atoms with E-state index in [9.17, 15) is 5.11 Å². The maximum Gasteiger partial charge on any atom is 0.0984 e. The number of hydrogen-bond acceptors (Lipinski definition) is 2. The van der Waals surface area contributed by atoms with Crippen LogP contribution in [-0.4, -0.2) is 17.9 Å². The van der Waals surface area contributed by atoms with Gasteiger partial charge in [-0.05, 0) is 18.7 Å². The van der Waals surface area contributed by atoms with Crippen LogP contribution in [0.3, 0.4) is 0 Å². The zero-order valence-corrected chi connectivity index (χ0v) is 7.14. The lowest BCUT2D eigenvalue weighted by atomic mass is 10.1. The summed E-state index contributed by atoms with van der Waals surface area (Å²) >= 11 is 0. The van der Waals surface area contributed by atoms with Crippen LogP contribution in [0.5, 0.6) is 0 Å². The fraction of sp³-hybridized carbons (Fsp3) is 0.300. The summed E-state index contributed by atoms with van der Waals surface area (Å²) in [6.45, 7) is 2.29. The lowest BCUT2D eigenvalue weighted by molar-refractivity contribution is 0.187. The summed E-state index contributed by atoms with van der Waals surface area (Å²) in [6.07, 6.45) is 1.23. The molecule has 0 radical (unpaired) electrons. The van der Waals surface area contributed by atoms with E-state index in [0.717, 1.165) is 5.56 Å². The highest BCUT2D eigenvalue weighted by molar-refractivity contribution is 5.53. The van der Waals surface area contributed by atoms with Crippen LogP contribution >= 0.6 is 0 Å². The molecule has 2 nitrogen and oxygen atoms in total. The third-order valence-electron chi connectivity index (χ3n) is 1.65. The average Bonchev–Trinajstić information content (AvgIpc) is 2.15. The number of aliphatic imine (C=N–C) groups is 1. The summed E-state index contributed by atoms with van der Waals surface area (Å²) in [5, 5.41) is 9.54. The van der Waals surface area contributed by atoms with Crippen molar-refractivity contribution in [2.75, 3.05) is 6.54 Å². The van der Waals surface area contributed by atoms with Crippen LogP contribution in [-0.2, 0) is 0 Å². The van der Waals surface area contributed by atoms with Crippen LogP contribution in [0.15, 0.2) is 35.3 Å². The third kappa shape index (κ3) is 2.47. The number of nitrogens with zero attached hydrogens (tertiary/aromatic N) is 1. The Morgan fingerprint density at radius 1 is 1.42 bits per heavy atom. The van der Waals surface area contributed by atoms with Gasteiger partial charge in [-0.2, -0.15) is 0 Å². The average molecular weight is 163 g/mol. The number of hydrogen-bond donors (Lipinski definition) is 1. The van der Waals surface area contributed by atoms with Crippen LogP contribution in [0.25, 0.3) is 0 Å². The minimum atomic E-state index is -0.470. The molecule has 1 aromatic rings. The van der Waals surface area contributed by atoms with Crippen molar-refractivity contribution in [1.29, 1.82) is 0 Å². The molecule has 0 fully saturated rings. The molecular formula is C10H13NO. The van der Waals surface area contributed by atoms with Gasteiger partial charge in [-0.15, -0.1) is 0 Å². The summed E-state index contributed by atoms with van der Waals surface area (Å²) in [4.78, 5) is 3.97. The van der Waals surface area contributed by atoms with Crippen molar-refractivity contribution in [3.63, 3.8) is 0 Å². The Bertz CT molecular complexity index is 243. The Morgan fingerprint density at radius 3 is 2.67 bits per heavy atom. The van der Waals surface area contributed by atoms with Gasteiger partial charge >= 0.3 is 0 Å². The van der Waals surface area contributed by atoms with Crippen molar-refractivity contribution in [2.24, 2.45) is 4.99 Å². The largest absolute Gasteiger partial charge is 0.386 e. The smallest absolute Gasteiger partial charge is 0.0984 e. The summed E-state index contributed by atoms with van der Waals surface area (Å²) in [5.41, 5.74) is 0.920. The third-order valence-corrected chi connectivity index (χ3v) is 1.65. The maximum absolute atomic E-state index is 9.54. The first kappa shape index (κ1) is 8.94. The van der Waals surface area contributed by atoms with Crippen LogP contribution in [0.4, 0.5) is 0 Å². The summed E-state index contributed by atoms with van der Waals surface area (Å²) < 4.78 is 0. The van der Waals surface area contributed by atoms with Gasteiger partial charge in [0.15, 0.2) is 0 Å². The van der Waals surface area contributed by atoms with E-state index in [1.165, 1.54) is 0 Å². The van der Waals surface area contributed by atoms with Gasteiger partial charge in [0.2, 0.25) is 0 Å². The SMILES string of the molecule is CC=NCC(O)c1ccccc1. The highest BCUT2D eigenvalue weighted by Gasteiger charge is 2.03. The second kappa shape index (κ2) is 4.67. The first-order chi connectivity index (χ1) is 5.84. The molecule has 0 heterocycles. The molecule has 0 bridgehead atoms. The first-order valence-corrected chi connectivity index (χ1v) is 4.02. The van der Waals surface area contributed by atoms with E-state index in [1.807, 2.05) is 37.3 Å². The van der Waals surface area contributed by atoms with Gasteiger partial charge in [0, 0.05) is 0 Å². The van der Waals surface area contributed by atoms with Gasteiger partial charge in [-0.3, -0.25) is 4.99 Å². The van der Waals surface area contributed by atoms with Crippen LogP contribution in [0.1, 0.15) is 18.6 Å². The molecule has 1 unspecified atom stereocenters. The second-order valence-electron chi connectivity index (χ2n) is 2.55.